The van der Waals surface area contributed by atoms with Gasteiger partial charge in [-0.1, -0.05) is 31.5 Å². The Morgan fingerprint density at radius 2 is 2.00 bits per heavy atom. The highest BCUT2D eigenvalue weighted by atomic mass is 35.5. The molecule has 1 aromatic carbocycles. The predicted octanol–water partition coefficient (Wildman–Crippen LogP) is 3.89. The summed E-state index contributed by atoms with van der Waals surface area (Å²) in [6.45, 7) is 9.50. The average molecular weight is 460 g/mol. The summed E-state index contributed by atoms with van der Waals surface area (Å²) in [4.78, 5) is 44.2. The molecule has 1 aromatic heterocycles. The number of benzene rings is 1. The number of carbonyl (C=O) groups is 3. The average Bonchev–Trinajstić information content (AvgIpc) is 3.01. The number of rotatable bonds is 4. The molecule has 0 bridgehead atoms. The number of amides is 2. The zero-order valence-electron chi connectivity index (χ0n) is 19.1. The van der Waals surface area contributed by atoms with Crippen molar-refractivity contribution in [2.45, 2.75) is 77.6 Å². The molecule has 1 fully saturated rings. The standard InChI is InChI=1S/C24H30ClN3O4/c1-12(2)8-18-21-15(14-7-6-13(25)9-16(14)26-21)10-19-22(30)27-17(23(31)28(18)19)11-20(29)32-24(3,4)5/h6-7,9,12,17-19,26H,8,10-11H2,1-5H3,(H,27,30)/t17-,18-,19-/m0/s1. The number of piperazine rings is 1. The van der Waals surface area contributed by atoms with Crippen LogP contribution in [0.2, 0.25) is 5.02 Å². The van der Waals surface area contributed by atoms with E-state index in [2.05, 4.69) is 24.1 Å². The first-order valence-electron chi connectivity index (χ1n) is 11.1. The lowest BCUT2D eigenvalue weighted by molar-refractivity contribution is -0.162. The number of halogens is 1. The van der Waals surface area contributed by atoms with Gasteiger partial charge < -0.3 is 19.9 Å². The Hall–Kier alpha value is -2.54. The van der Waals surface area contributed by atoms with Gasteiger partial charge in [0.15, 0.2) is 0 Å². The Morgan fingerprint density at radius 3 is 2.66 bits per heavy atom. The summed E-state index contributed by atoms with van der Waals surface area (Å²) >= 11 is 6.19. The summed E-state index contributed by atoms with van der Waals surface area (Å²) in [5.41, 5.74) is 2.24. The van der Waals surface area contributed by atoms with Gasteiger partial charge in [0.25, 0.3) is 0 Å². The number of aromatic nitrogens is 1. The quantitative estimate of drug-likeness (QED) is 0.678. The van der Waals surface area contributed by atoms with E-state index in [-0.39, 0.29) is 24.3 Å². The van der Waals surface area contributed by atoms with E-state index in [1.165, 1.54) is 0 Å². The van der Waals surface area contributed by atoms with Crippen LogP contribution in [0.3, 0.4) is 0 Å². The van der Waals surface area contributed by atoms with Gasteiger partial charge in [-0.25, -0.2) is 0 Å². The van der Waals surface area contributed by atoms with Crippen molar-refractivity contribution in [3.8, 4) is 0 Å². The number of esters is 1. The second kappa shape index (κ2) is 8.10. The highest BCUT2D eigenvalue weighted by Crippen LogP contribution is 2.42. The summed E-state index contributed by atoms with van der Waals surface area (Å²) in [5.74, 6) is -0.689. The third-order valence-corrected chi connectivity index (χ3v) is 6.20. The number of hydrogen-bond acceptors (Lipinski definition) is 4. The fourth-order valence-electron chi connectivity index (χ4n) is 4.80. The van der Waals surface area contributed by atoms with Crippen molar-refractivity contribution in [2.24, 2.45) is 5.92 Å². The predicted molar refractivity (Wildman–Crippen MR) is 122 cm³/mol. The maximum Gasteiger partial charge on any atom is 0.308 e. The van der Waals surface area contributed by atoms with Crippen LogP contribution in [-0.2, 0) is 25.5 Å². The zero-order chi connectivity index (χ0) is 23.4. The van der Waals surface area contributed by atoms with Crippen LogP contribution in [0, 0.1) is 5.92 Å². The molecule has 2 aromatic rings. The zero-order valence-corrected chi connectivity index (χ0v) is 19.9. The molecule has 172 valence electrons. The fraction of sp³-hybridized carbons (Fsp3) is 0.542. The summed E-state index contributed by atoms with van der Waals surface area (Å²) in [7, 11) is 0. The lowest BCUT2D eigenvalue weighted by Crippen LogP contribution is -2.66. The molecule has 3 heterocycles. The van der Waals surface area contributed by atoms with Gasteiger partial charge in [-0.3, -0.25) is 14.4 Å². The van der Waals surface area contributed by atoms with E-state index >= 15 is 0 Å². The van der Waals surface area contributed by atoms with E-state index in [0.717, 1.165) is 22.2 Å². The van der Waals surface area contributed by atoms with E-state index in [0.29, 0.717) is 23.8 Å². The summed E-state index contributed by atoms with van der Waals surface area (Å²) in [5, 5.41) is 4.42. The van der Waals surface area contributed by atoms with Gasteiger partial charge in [0.05, 0.1) is 12.5 Å². The molecule has 0 spiro atoms. The second-order valence-electron chi connectivity index (χ2n) is 10.2. The van der Waals surface area contributed by atoms with Crippen LogP contribution in [-0.4, -0.2) is 45.4 Å². The lowest BCUT2D eigenvalue weighted by atomic mass is 9.85. The number of hydrogen-bond donors (Lipinski definition) is 2. The molecule has 2 aliphatic rings. The van der Waals surface area contributed by atoms with Gasteiger partial charge in [-0.15, -0.1) is 0 Å². The first-order valence-corrected chi connectivity index (χ1v) is 11.5. The molecular weight excluding hydrogens is 430 g/mol. The van der Waals surface area contributed by atoms with Gasteiger partial charge in [0.2, 0.25) is 11.8 Å². The van der Waals surface area contributed by atoms with Crippen LogP contribution in [0.5, 0.6) is 0 Å². The third-order valence-electron chi connectivity index (χ3n) is 5.96. The molecule has 8 heteroatoms. The smallest absolute Gasteiger partial charge is 0.308 e. The first-order chi connectivity index (χ1) is 14.9. The number of aromatic amines is 1. The normalized spacial score (nSPS) is 23.2. The van der Waals surface area contributed by atoms with Crippen LogP contribution in [0.4, 0.5) is 0 Å². The molecule has 0 aliphatic carbocycles. The van der Waals surface area contributed by atoms with Gasteiger partial charge in [-0.05, 0) is 50.8 Å². The molecule has 0 saturated carbocycles. The van der Waals surface area contributed by atoms with E-state index in [4.69, 9.17) is 16.3 Å². The third kappa shape index (κ3) is 4.22. The number of nitrogens with one attached hydrogen (secondary N) is 2. The minimum atomic E-state index is -0.927. The van der Waals surface area contributed by atoms with E-state index in [9.17, 15) is 14.4 Å². The van der Waals surface area contributed by atoms with Crippen molar-refractivity contribution in [2.75, 3.05) is 0 Å². The molecule has 0 radical (unpaired) electrons. The Labute approximate surface area is 192 Å². The van der Waals surface area contributed by atoms with Crippen molar-refractivity contribution in [1.82, 2.24) is 15.2 Å². The van der Waals surface area contributed by atoms with Crippen LogP contribution >= 0.6 is 11.6 Å². The Morgan fingerprint density at radius 1 is 1.28 bits per heavy atom. The number of nitrogens with zero attached hydrogens (tertiary/aromatic N) is 1. The Kier molecular flexibility index (Phi) is 5.74. The molecule has 2 aliphatic heterocycles. The number of fused-ring (bicyclic) bond motifs is 4. The highest BCUT2D eigenvalue weighted by molar-refractivity contribution is 6.31. The molecule has 1 saturated heterocycles. The lowest BCUT2D eigenvalue weighted by Gasteiger charge is -2.46. The van der Waals surface area contributed by atoms with Crippen LogP contribution in [0.15, 0.2) is 18.2 Å². The van der Waals surface area contributed by atoms with Gasteiger partial charge in [0, 0.05) is 28.0 Å². The van der Waals surface area contributed by atoms with Crippen molar-refractivity contribution < 1.29 is 19.1 Å². The van der Waals surface area contributed by atoms with E-state index < -0.39 is 23.7 Å². The summed E-state index contributed by atoms with van der Waals surface area (Å²) in [6, 6.07) is 3.85. The maximum atomic E-state index is 13.5. The minimum Gasteiger partial charge on any atom is -0.460 e. The van der Waals surface area contributed by atoms with Crippen LogP contribution in [0.1, 0.15) is 64.8 Å². The van der Waals surface area contributed by atoms with Gasteiger partial charge in [0.1, 0.15) is 17.7 Å². The van der Waals surface area contributed by atoms with E-state index in [1.807, 2.05) is 18.2 Å². The maximum absolute atomic E-state index is 13.5. The number of H-pyrrole nitrogens is 1. The van der Waals surface area contributed by atoms with Crippen molar-refractivity contribution in [3.05, 3.63) is 34.5 Å². The van der Waals surface area contributed by atoms with Crippen LogP contribution < -0.4 is 5.32 Å². The molecule has 2 amide bonds. The summed E-state index contributed by atoms with van der Waals surface area (Å²) in [6.07, 6.45) is 0.930. The van der Waals surface area contributed by atoms with Gasteiger partial charge >= 0.3 is 5.97 Å². The second-order valence-corrected chi connectivity index (χ2v) is 10.6. The highest BCUT2D eigenvalue weighted by Gasteiger charge is 2.49. The summed E-state index contributed by atoms with van der Waals surface area (Å²) < 4.78 is 5.38. The fourth-order valence-corrected chi connectivity index (χ4v) is 4.98. The van der Waals surface area contributed by atoms with Gasteiger partial charge in [-0.2, -0.15) is 0 Å². The Bertz CT molecular complexity index is 1080. The SMILES string of the molecule is CC(C)C[C@H]1c2[nH]c3cc(Cl)ccc3c2C[C@H]2C(=O)N[C@@H](CC(=O)OC(C)(C)C)C(=O)N21. The molecule has 2 N–H and O–H groups in total. The van der Waals surface area contributed by atoms with E-state index in [1.54, 1.807) is 25.7 Å². The Balaban J connectivity index is 1.71. The topological polar surface area (TPSA) is 91.5 Å². The first kappa shape index (κ1) is 22.6. The monoisotopic (exact) mass is 459 g/mol. The van der Waals surface area contributed by atoms with Crippen molar-refractivity contribution >= 4 is 40.3 Å². The number of ether oxygens (including phenoxy) is 1. The molecule has 32 heavy (non-hydrogen) atoms. The molecule has 0 unspecified atom stereocenters. The minimum absolute atomic E-state index is 0.186. The van der Waals surface area contributed by atoms with Crippen LogP contribution in [0.25, 0.3) is 10.9 Å². The molecular formula is C24H30ClN3O4. The van der Waals surface area contributed by atoms with Crippen molar-refractivity contribution in [1.29, 1.82) is 0 Å². The molecule has 7 nitrogen and oxygen atoms in total. The largest absolute Gasteiger partial charge is 0.460 e. The van der Waals surface area contributed by atoms with Crippen molar-refractivity contribution in [3.63, 3.8) is 0 Å². The number of carbonyl (C=O) groups excluding carboxylic acids is 3. The molecule has 3 atom stereocenters. The molecule has 4 rings (SSSR count).